The predicted molar refractivity (Wildman–Crippen MR) is 166 cm³/mol. The number of amides is 2. The van der Waals surface area contributed by atoms with Gasteiger partial charge in [0.1, 0.15) is 6.04 Å². The van der Waals surface area contributed by atoms with Crippen LogP contribution in [0.4, 0.5) is 0 Å². The van der Waals surface area contributed by atoms with Crippen LogP contribution in [-0.4, -0.2) is 93.6 Å². The number of rotatable bonds is 19. The first kappa shape index (κ1) is 35.8. The summed E-state index contributed by atoms with van der Waals surface area (Å²) in [4.78, 5) is 27.8. The van der Waals surface area contributed by atoms with Gasteiger partial charge in [-0.3, -0.25) is 9.59 Å². The van der Waals surface area contributed by atoms with E-state index in [0.717, 1.165) is 44.3 Å². The van der Waals surface area contributed by atoms with Crippen LogP contribution in [0.3, 0.4) is 0 Å². The maximum Gasteiger partial charge on any atom is 0.243 e. The van der Waals surface area contributed by atoms with Crippen LogP contribution in [0, 0.1) is 17.8 Å². The van der Waals surface area contributed by atoms with Crippen molar-refractivity contribution in [3.63, 3.8) is 0 Å². The number of aliphatic hydroxyl groups excluding tert-OH is 1. The van der Waals surface area contributed by atoms with E-state index in [-0.39, 0.29) is 36.1 Å². The van der Waals surface area contributed by atoms with Crippen LogP contribution in [0.2, 0.25) is 0 Å². The summed E-state index contributed by atoms with van der Waals surface area (Å²) in [7, 11) is 3.30. The van der Waals surface area contributed by atoms with Crippen LogP contribution in [-0.2, 0) is 20.7 Å². The molecule has 5 N–H and O–H groups in total. The summed E-state index contributed by atoms with van der Waals surface area (Å²) in [6.07, 6.45) is 4.80. The molecule has 0 bridgehead atoms. The molecule has 0 saturated carbocycles. The third-order valence-corrected chi connectivity index (χ3v) is 8.11. The van der Waals surface area contributed by atoms with Gasteiger partial charge in [-0.1, -0.05) is 40.2 Å². The largest absolute Gasteiger partial charge is 0.493 e. The number of nitrogens with two attached hydrogens (primary N) is 1. The summed E-state index contributed by atoms with van der Waals surface area (Å²) in [5, 5.41) is 17.4. The summed E-state index contributed by atoms with van der Waals surface area (Å²) < 4.78 is 16.7. The lowest BCUT2D eigenvalue weighted by atomic mass is 9.82. The van der Waals surface area contributed by atoms with Gasteiger partial charge in [0, 0.05) is 26.7 Å². The summed E-state index contributed by atoms with van der Waals surface area (Å²) in [5.41, 5.74) is 6.60. The molecular formula is C32H56N4O6. The molecule has 1 aromatic rings. The Balaban J connectivity index is 2.25. The van der Waals surface area contributed by atoms with E-state index in [1.807, 2.05) is 32.0 Å². The second-order valence-electron chi connectivity index (χ2n) is 12.2. The van der Waals surface area contributed by atoms with Crippen LogP contribution >= 0.6 is 0 Å². The molecule has 0 aliphatic carbocycles. The van der Waals surface area contributed by atoms with Crippen LogP contribution in [0.5, 0.6) is 11.5 Å². The molecule has 1 unspecified atom stereocenters. The Morgan fingerprint density at radius 3 is 2.31 bits per heavy atom. The molecule has 4 atom stereocenters. The first-order valence-corrected chi connectivity index (χ1v) is 15.6. The van der Waals surface area contributed by atoms with E-state index < -0.39 is 18.2 Å². The topological polar surface area (TPSA) is 135 Å². The minimum absolute atomic E-state index is 0.136. The van der Waals surface area contributed by atoms with Crippen molar-refractivity contribution >= 4 is 11.8 Å². The minimum Gasteiger partial charge on any atom is -0.493 e. The van der Waals surface area contributed by atoms with Crippen molar-refractivity contribution in [1.29, 1.82) is 0 Å². The lowest BCUT2D eigenvalue weighted by Crippen LogP contribution is -2.57. The van der Waals surface area contributed by atoms with Crippen LogP contribution in [0.15, 0.2) is 18.2 Å². The molecule has 0 aromatic heterocycles. The van der Waals surface area contributed by atoms with Crippen molar-refractivity contribution in [1.82, 2.24) is 15.5 Å². The fraction of sp³-hybridized carbons (Fsp3) is 0.750. The summed E-state index contributed by atoms with van der Waals surface area (Å²) in [6, 6.07) is 4.78. The highest BCUT2D eigenvalue weighted by Gasteiger charge is 2.32. The van der Waals surface area contributed by atoms with Gasteiger partial charge in [0.2, 0.25) is 11.8 Å². The van der Waals surface area contributed by atoms with Gasteiger partial charge < -0.3 is 40.6 Å². The van der Waals surface area contributed by atoms with E-state index in [0.29, 0.717) is 37.7 Å². The highest BCUT2D eigenvalue weighted by atomic mass is 16.5. The number of nitrogens with zero attached hydrogens (tertiary/aromatic N) is 1. The predicted octanol–water partition coefficient (Wildman–Crippen LogP) is 2.75. The minimum atomic E-state index is -0.748. The van der Waals surface area contributed by atoms with Crippen molar-refractivity contribution in [3.05, 3.63) is 23.8 Å². The van der Waals surface area contributed by atoms with Crippen molar-refractivity contribution in [2.24, 2.45) is 23.5 Å². The van der Waals surface area contributed by atoms with E-state index in [9.17, 15) is 14.7 Å². The Hall–Kier alpha value is -2.40. The molecule has 1 aliphatic rings. The number of nitrogens with one attached hydrogen (secondary N) is 2. The summed E-state index contributed by atoms with van der Waals surface area (Å²) in [6.45, 7) is 11.5. The fourth-order valence-electron chi connectivity index (χ4n) is 5.45. The van der Waals surface area contributed by atoms with Gasteiger partial charge in [-0.25, -0.2) is 0 Å². The Kier molecular flexibility index (Phi) is 16.2. The number of benzene rings is 1. The highest BCUT2D eigenvalue weighted by molar-refractivity contribution is 5.88. The number of hydrogen-bond acceptors (Lipinski definition) is 8. The number of ether oxygens (including phenoxy) is 3. The number of methoxy groups -OCH3 is 2. The molecule has 1 aliphatic heterocycles. The van der Waals surface area contributed by atoms with Crippen molar-refractivity contribution in [3.8, 4) is 11.5 Å². The van der Waals surface area contributed by atoms with Crippen molar-refractivity contribution in [2.75, 3.05) is 53.6 Å². The molecule has 10 nitrogen and oxygen atoms in total. The molecule has 42 heavy (non-hydrogen) atoms. The molecule has 0 radical (unpaired) electrons. The molecule has 2 amide bonds. The quantitative estimate of drug-likeness (QED) is 0.180. The van der Waals surface area contributed by atoms with E-state index in [1.165, 1.54) is 6.42 Å². The van der Waals surface area contributed by atoms with Gasteiger partial charge in [0.05, 0.1) is 32.4 Å². The molecule has 1 fully saturated rings. The van der Waals surface area contributed by atoms with Crippen molar-refractivity contribution in [2.45, 2.75) is 84.4 Å². The zero-order chi connectivity index (χ0) is 31.1. The molecule has 240 valence electrons. The zero-order valence-electron chi connectivity index (χ0n) is 26.7. The lowest BCUT2D eigenvalue weighted by molar-refractivity contribution is -0.130. The standard InChI is InChI=1S/C32H56N4O6/c1-22(2)25(17-24-11-12-28(41-6)29(18-24)42-16-10-15-40-5)19-26(27(37)21-36-13-8-7-9-14-36)34-32(39)31(23(3)4)35-30(38)20-33/h11-12,18,22-23,25-27,31,37H,7-10,13-17,19-21,33H2,1-6H3,(H,34,39)(H,35,38)/t25-,26-,27-,31?/m0/s1. The van der Waals surface area contributed by atoms with Gasteiger partial charge in [0.15, 0.2) is 11.5 Å². The smallest absolute Gasteiger partial charge is 0.243 e. The second kappa shape index (κ2) is 19.0. The summed E-state index contributed by atoms with van der Waals surface area (Å²) >= 11 is 0. The van der Waals surface area contributed by atoms with Gasteiger partial charge >= 0.3 is 0 Å². The molecular weight excluding hydrogens is 536 g/mol. The first-order valence-electron chi connectivity index (χ1n) is 15.6. The molecule has 2 rings (SSSR count). The Morgan fingerprint density at radius 2 is 1.71 bits per heavy atom. The number of β-amino-alcohol motifs (C(OH)–C–C–N with tert-alkyl or cyclic N) is 1. The normalized spacial score (nSPS) is 17.0. The summed E-state index contributed by atoms with van der Waals surface area (Å²) in [5.74, 6) is 1.01. The Bertz CT molecular complexity index is 938. The van der Waals surface area contributed by atoms with Gasteiger partial charge in [-0.15, -0.1) is 0 Å². The lowest BCUT2D eigenvalue weighted by Gasteiger charge is -2.35. The number of hydrogen-bond donors (Lipinski definition) is 4. The number of aliphatic hydroxyl groups is 1. The molecule has 10 heteroatoms. The van der Waals surface area contributed by atoms with E-state index in [1.54, 1.807) is 14.2 Å². The monoisotopic (exact) mass is 592 g/mol. The number of carbonyl (C=O) groups is 2. The maximum absolute atomic E-state index is 13.5. The van der Waals surface area contributed by atoms with Crippen LogP contribution < -0.4 is 25.8 Å². The van der Waals surface area contributed by atoms with Gasteiger partial charge in [-0.2, -0.15) is 0 Å². The van der Waals surface area contributed by atoms with Crippen LogP contribution in [0.25, 0.3) is 0 Å². The van der Waals surface area contributed by atoms with E-state index in [4.69, 9.17) is 19.9 Å². The highest BCUT2D eigenvalue weighted by Crippen LogP contribution is 2.31. The first-order chi connectivity index (χ1) is 20.1. The third kappa shape index (κ3) is 12.1. The second-order valence-corrected chi connectivity index (χ2v) is 12.2. The van der Waals surface area contributed by atoms with Gasteiger partial charge in [-0.05, 0) is 74.2 Å². The maximum atomic E-state index is 13.5. The van der Waals surface area contributed by atoms with Gasteiger partial charge in [0.25, 0.3) is 0 Å². The average molecular weight is 593 g/mol. The Labute approximate surface area is 253 Å². The fourth-order valence-corrected chi connectivity index (χ4v) is 5.45. The van der Waals surface area contributed by atoms with Crippen molar-refractivity contribution < 1.29 is 28.9 Å². The SMILES string of the molecule is COCCCOc1cc(C[C@@H](C[C@H](NC(=O)C(NC(=O)CN)C(C)C)[C@@H](O)CN2CCCCC2)C(C)C)ccc1OC. The molecule has 1 aromatic carbocycles. The molecule has 0 spiro atoms. The zero-order valence-corrected chi connectivity index (χ0v) is 26.7. The molecule has 1 heterocycles. The number of carbonyl (C=O) groups excluding carboxylic acids is 2. The van der Waals surface area contributed by atoms with E-state index in [2.05, 4.69) is 29.4 Å². The number of piperidine rings is 1. The molecule has 1 saturated heterocycles. The van der Waals surface area contributed by atoms with E-state index >= 15 is 0 Å². The average Bonchev–Trinajstić information content (AvgIpc) is 2.97. The van der Waals surface area contributed by atoms with Crippen LogP contribution in [0.1, 0.15) is 65.4 Å². The Morgan fingerprint density at radius 1 is 1.00 bits per heavy atom. The third-order valence-electron chi connectivity index (χ3n) is 8.11. The number of likely N-dealkylation sites (tertiary alicyclic amines) is 1.